The van der Waals surface area contributed by atoms with E-state index in [0.717, 1.165) is 11.3 Å². The number of aryl methyl sites for hydroxylation is 1. The third-order valence-corrected chi connectivity index (χ3v) is 4.49. The number of benzene rings is 3. The molecule has 26 heavy (non-hydrogen) atoms. The van der Waals surface area contributed by atoms with Crippen LogP contribution in [0.2, 0.25) is 0 Å². The number of methoxy groups -OCH3 is 1. The van der Waals surface area contributed by atoms with E-state index in [1.807, 2.05) is 43.3 Å². The molecule has 130 valence electrons. The van der Waals surface area contributed by atoms with E-state index < -0.39 is 5.82 Å². The van der Waals surface area contributed by atoms with Crippen LogP contribution in [0.1, 0.15) is 15.9 Å². The highest BCUT2D eigenvalue weighted by molar-refractivity contribution is 6.17. The molecule has 1 aliphatic rings. The van der Waals surface area contributed by atoms with Crippen LogP contribution in [-0.4, -0.2) is 13.0 Å². The molecule has 4 rings (SSSR count). The Hall–Kier alpha value is -3.34. The number of nitrogens with one attached hydrogen (secondary N) is 1. The number of halogens is 1. The van der Waals surface area contributed by atoms with Crippen LogP contribution in [0.15, 0.2) is 60.7 Å². The topological polar surface area (TPSA) is 41.6 Å². The van der Waals surface area contributed by atoms with Crippen molar-refractivity contribution < 1.29 is 13.9 Å². The molecule has 4 nitrogen and oxygen atoms in total. The van der Waals surface area contributed by atoms with Crippen LogP contribution in [0.25, 0.3) is 0 Å². The average Bonchev–Trinajstić information content (AvgIpc) is 2.76. The summed E-state index contributed by atoms with van der Waals surface area (Å²) in [5, 5.41) is 3.25. The fourth-order valence-corrected chi connectivity index (χ4v) is 3.17. The highest BCUT2D eigenvalue weighted by Gasteiger charge is 2.29. The second-order valence-electron chi connectivity index (χ2n) is 6.13. The molecule has 0 saturated heterocycles. The van der Waals surface area contributed by atoms with E-state index in [9.17, 15) is 9.18 Å². The third kappa shape index (κ3) is 2.58. The first-order valence-electron chi connectivity index (χ1n) is 8.23. The summed E-state index contributed by atoms with van der Waals surface area (Å²) in [5.74, 6) is -0.0728. The number of nitrogens with zero attached hydrogens (tertiary/aromatic N) is 1. The molecular formula is C21H17FN2O2. The van der Waals surface area contributed by atoms with E-state index in [2.05, 4.69) is 5.32 Å². The van der Waals surface area contributed by atoms with Crippen molar-refractivity contribution in [2.45, 2.75) is 6.92 Å². The molecule has 0 bridgehead atoms. The lowest BCUT2D eigenvalue weighted by Crippen LogP contribution is -2.26. The predicted octanol–water partition coefficient (Wildman–Crippen LogP) is 5.18. The Balaban J connectivity index is 2.00. The Morgan fingerprint density at radius 1 is 0.962 bits per heavy atom. The van der Waals surface area contributed by atoms with Crippen molar-refractivity contribution >= 4 is 28.7 Å². The highest BCUT2D eigenvalue weighted by atomic mass is 19.1. The van der Waals surface area contributed by atoms with Crippen LogP contribution in [0.5, 0.6) is 5.75 Å². The van der Waals surface area contributed by atoms with Crippen molar-refractivity contribution in [3.8, 4) is 5.75 Å². The molecule has 0 atom stereocenters. The first-order valence-corrected chi connectivity index (χ1v) is 8.23. The molecule has 3 aromatic carbocycles. The van der Waals surface area contributed by atoms with Gasteiger partial charge in [-0.05, 0) is 48.9 Å². The minimum absolute atomic E-state index is 0.281. The summed E-state index contributed by atoms with van der Waals surface area (Å²) < 4.78 is 19.2. The van der Waals surface area contributed by atoms with Crippen molar-refractivity contribution in [2.75, 3.05) is 17.3 Å². The summed E-state index contributed by atoms with van der Waals surface area (Å²) in [4.78, 5) is 15.0. The van der Waals surface area contributed by atoms with Gasteiger partial charge in [-0.2, -0.15) is 0 Å². The molecule has 3 aromatic rings. The number of fused-ring (bicyclic) bond motifs is 2. The molecule has 0 fully saturated rings. The van der Waals surface area contributed by atoms with Crippen molar-refractivity contribution in [3.63, 3.8) is 0 Å². The molecule has 5 heteroatoms. The normalized spacial score (nSPS) is 12.7. The summed E-state index contributed by atoms with van der Waals surface area (Å²) in [6.45, 7) is 1.94. The van der Waals surface area contributed by atoms with Gasteiger partial charge >= 0.3 is 0 Å². The first-order chi connectivity index (χ1) is 12.6. The van der Waals surface area contributed by atoms with Gasteiger partial charge in [-0.25, -0.2) is 4.39 Å². The zero-order valence-corrected chi connectivity index (χ0v) is 14.4. The number of amides is 1. The highest BCUT2D eigenvalue weighted by Crippen LogP contribution is 2.42. The fraction of sp³-hybridized carbons (Fsp3) is 0.0952. The quantitative estimate of drug-likeness (QED) is 0.694. The van der Waals surface area contributed by atoms with Gasteiger partial charge in [0.05, 0.1) is 35.4 Å². The van der Waals surface area contributed by atoms with Gasteiger partial charge in [-0.1, -0.05) is 18.2 Å². The number of rotatable bonds is 2. The van der Waals surface area contributed by atoms with Crippen LogP contribution in [0.3, 0.4) is 0 Å². The number of para-hydroxylation sites is 1. The van der Waals surface area contributed by atoms with E-state index in [1.54, 1.807) is 24.1 Å². The number of hydrogen-bond acceptors (Lipinski definition) is 3. The van der Waals surface area contributed by atoms with E-state index in [4.69, 9.17) is 4.74 Å². The lowest BCUT2D eigenvalue weighted by Gasteiger charge is -2.25. The second kappa shape index (κ2) is 6.19. The van der Waals surface area contributed by atoms with E-state index in [0.29, 0.717) is 22.8 Å². The van der Waals surface area contributed by atoms with Gasteiger partial charge in [0.1, 0.15) is 11.6 Å². The number of carbonyl (C=O) groups excluding carboxylic acids is 1. The Bertz CT molecular complexity index is 1020. The van der Waals surface area contributed by atoms with Crippen LogP contribution in [0, 0.1) is 12.7 Å². The molecule has 0 radical (unpaired) electrons. The van der Waals surface area contributed by atoms with Crippen molar-refractivity contribution in [1.82, 2.24) is 0 Å². The monoisotopic (exact) mass is 348 g/mol. The van der Waals surface area contributed by atoms with Crippen molar-refractivity contribution in [2.24, 2.45) is 0 Å². The largest absolute Gasteiger partial charge is 0.497 e. The van der Waals surface area contributed by atoms with Crippen molar-refractivity contribution in [1.29, 1.82) is 0 Å². The maximum Gasteiger partial charge on any atom is 0.265 e. The van der Waals surface area contributed by atoms with Crippen LogP contribution in [0.4, 0.5) is 27.1 Å². The molecule has 0 spiro atoms. The minimum Gasteiger partial charge on any atom is -0.497 e. The Morgan fingerprint density at radius 2 is 1.77 bits per heavy atom. The molecule has 0 unspecified atom stereocenters. The Labute approximate surface area is 150 Å². The maximum absolute atomic E-state index is 13.8. The van der Waals surface area contributed by atoms with Gasteiger partial charge in [0, 0.05) is 6.07 Å². The van der Waals surface area contributed by atoms with Crippen LogP contribution in [-0.2, 0) is 0 Å². The van der Waals surface area contributed by atoms with Gasteiger partial charge in [0.15, 0.2) is 0 Å². The molecule has 0 saturated carbocycles. The molecule has 0 aliphatic carbocycles. The minimum atomic E-state index is -0.452. The number of hydrogen-bond donors (Lipinski definition) is 1. The Kier molecular flexibility index (Phi) is 3.84. The smallest absolute Gasteiger partial charge is 0.265 e. The predicted molar refractivity (Wildman–Crippen MR) is 100 cm³/mol. The summed E-state index contributed by atoms with van der Waals surface area (Å²) >= 11 is 0. The van der Waals surface area contributed by atoms with Gasteiger partial charge < -0.3 is 10.1 Å². The molecule has 1 heterocycles. The summed E-state index contributed by atoms with van der Waals surface area (Å²) in [6.07, 6.45) is 0. The molecule has 1 amide bonds. The summed E-state index contributed by atoms with van der Waals surface area (Å²) in [6, 6.07) is 17.2. The van der Waals surface area contributed by atoms with Crippen LogP contribution < -0.4 is 15.0 Å². The van der Waals surface area contributed by atoms with E-state index >= 15 is 0 Å². The number of anilines is 4. The van der Waals surface area contributed by atoms with Crippen LogP contribution >= 0.6 is 0 Å². The van der Waals surface area contributed by atoms with Gasteiger partial charge in [-0.3, -0.25) is 9.69 Å². The van der Waals surface area contributed by atoms with E-state index in [-0.39, 0.29) is 11.5 Å². The number of ether oxygens (including phenoxy) is 1. The molecule has 1 N–H and O–H groups in total. The van der Waals surface area contributed by atoms with Crippen molar-refractivity contribution in [3.05, 3.63) is 77.6 Å². The Morgan fingerprint density at radius 3 is 2.54 bits per heavy atom. The maximum atomic E-state index is 13.8. The lowest BCUT2D eigenvalue weighted by molar-refractivity contribution is 0.1000. The molecule has 0 aromatic heterocycles. The molecular weight excluding hydrogens is 331 g/mol. The fourth-order valence-electron chi connectivity index (χ4n) is 3.17. The summed E-state index contributed by atoms with van der Waals surface area (Å²) in [5.41, 5.74) is 3.93. The average molecular weight is 348 g/mol. The van der Waals surface area contributed by atoms with Gasteiger partial charge in [0.2, 0.25) is 0 Å². The third-order valence-electron chi connectivity index (χ3n) is 4.49. The SMILES string of the molecule is COc1ccc2c(c1)Nc1ccc(F)cc1C(=O)N2c1ccccc1C. The number of carbonyl (C=O) groups is 1. The zero-order valence-electron chi connectivity index (χ0n) is 14.4. The first kappa shape index (κ1) is 16.1. The standard InChI is InChI=1S/C21H17FN2O2/c1-13-5-3-4-6-19(13)24-20-10-8-15(26-2)12-18(20)23-17-9-7-14(22)11-16(17)21(24)25/h3-12,23H,1-2H3. The second-order valence-corrected chi connectivity index (χ2v) is 6.13. The van der Waals surface area contributed by atoms with Gasteiger partial charge in [0.25, 0.3) is 5.91 Å². The van der Waals surface area contributed by atoms with E-state index in [1.165, 1.54) is 12.1 Å². The van der Waals surface area contributed by atoms with Gasteiger partial charge in [-0.15, -0.1) is 0 Å². The zero-order chi connectivity index (χ0) is 18.3. The molecule has 1 aliphatic heterocycles. The summed E-state index contributed by atoms with van der Waals surface area (Å²) in [7, 11) is 1.59. The lowest BCUT2D eigenvalue weighted by atomic mass is 10.1.